The van der Waals surface area contributed by atoms with Crippen molar-refractivity contribution in [2.75, 3.05) is 5.32 Å². The number of pyridine rings is 1. The van der Waals surface area contributed by atoms with Crippen LogP contribution in [0.3, 0.4) is 0 Å². The van der Waals surface area contributed by atoms with Crippen molar-refractivity contribution in [1.29, 1.82) is 0 Å². The Kier molecular flexibility index (Phi) is 4.18. The van der Waals surface area contributed by atoms with Crippen LogP contribution in [0.1, 0.15) is 11.1 Å². The van der Waals surface area contributed by atoms with Gasteiger partial charge in [-0.2, -0.15) is 0 Å². The zero-order chi connectivity index (χ0) is 12.3. The lowest BCUT2D eigenvalue weighted by Crippen LogP contribution is -2.02. The monoisotopic (exact) mass is 354 g/mol. The highest BCUT2D eigenvalue weighted by molar-refractivity contribution is 9.11. The van der Waals surface area contributed by atoms with E-state index in [0.29, 0.717) is 0 Å². The van der Waals surface area contributed by atoms with Crippen molar-refractivity contribution in [3.05, 3.63) is 56.7 Å². The molecule has 88 valence electrons. The van der Waals surface area contributed by atoms with Crippen LogP contribution in [0.4, 0.5) is 5.69 Å². The van der Waals surface area contributed by atoms with E-state index >= 15 is 0 Å². The van der Waals surface area contributed by atoms with Crippen LogP contribution in [0.15, 0.2) is 45.6 Å². The highest BCUT2D eigenvalue weighted by Crippen LogP contribution is 2.30. The number of aryl methyl sites for hydroxylation is 1. The predicted octanol–water partition coefficient (Wildman–Crippen LogP) is 4.53. The molecule has 1 aromatic heterocycles. The molecule has 0 spiro atoms. The van der Waals surface area contributed by atoms with Crippen molar-refractivity contribution in [3.8, 4) is 0 Å². The van der Waals surface area contributed by atoms with Crippen molar-refractivity contribution in [1.82, 2.24) is 4.98 Å². The van der Waals surface area contributed by atoms with Crippen LogP contribution in [0.2, 0.25) is 0 Å². The van der Waals surface area contributed by atoms with E-state index in [2.05, 4.69) is 49.1 Å². The van der Waals surface area contributed by atoms with Crippen LogP contribution in [0, 0.1) is 6.92 Å². The summed E-state index contributed by atoms with van der Waals surface area (Å²) in [7, 11) is 0. The molecule has 0 fully saturated rings. The summed E-state index contributed by atoms with van der Waals surface area (Å²) in [5.74, 6) is 0. The SMILES string of the molecule is Cc1ccncc1CNc1c(Br)cccc1Br. The largest absolute Gasteiger partial charge is 0.379 e. The van der Waals surface area contributed by atoms with Crippen LogP contribution in [-0.2, 0) is 6.54 Å². The Morgan fingerprint density at radius 1 is 1.18 bits per heavy atom. The van der Waals surface area contributed by atoms with Gasteiger partial charge in [0.2, 0.25) is 0 Å². The smallest absolute Gasteiger partial charge is 0.0631 e. The first-order valence-corrected chi connectivity index (χ1v) is 6.84. The molecule has 1 N–H and O–H groups in total. The van der Waals surface area contributed by atoms with Gasteiger partial charge in [0.15, 0.2) is 0 Å². The Hall–Kier alpha value is -0.870. The normalized spacial score (nSPS) is 10.3. The molecule has 1 aromatic carbocycles. The van der Waals surface area contributed by atoms with Gasteiger partial charge >= 0.3 is 0 Å². The van der Waals surface area contributed by atoms with Gasteiger partial charge in [0, 0.05) is 27.9 Å². The average molecular weight is 356 g/mol. The Balaban J connectivity index is 2.16. The minimum atomic E-state index is 0.765. The second-order valence-electron chi connectivity index (χ2n) is 3.75. The quantitative estimate of drug-likeness (QED) is 0.875. The number of benzene rings is 1. The number of para-hydroxylation sites is 1. The number of hydrogen-bond acceptors (Lipinski definition) is 2. The fourth-order valence-corrected chi connectivity index (χ4v) is 2.81. The zero-order valence-electron chi connectivity index (χ0n) is 9.37. The van der Waals surface area contributed by atoms with Crippen molar-refractivity contribution in [2.24, 2.45) is 0 Å². The molecule has 0 saturated heterocycles. The summed E-state index contributed by atoms with van der Waals surface area (Å²) in [6.07, 6.45) is 3.71. The third-order valence-corrected chi connectivity index (χ3v) is 3.89. The lowest BCUT2D eigenvalue weighted by Gasteiger charge is -2.11. The van der Waals surface area contributed by atoms with Gasteiger partial charge in [-0.1, -0.05) is 6.07 Å². The first-order valence-electron chi connectivity index (χ1n) is 5.26. The number of halogens is 2. The van der Waals surface area contributed by atoms with Gasteiger partial charge in [0.25, 0.3) is 0 Å². The molecule has 0 saturated carbocycles. The number of nitrogens with zero attached hydrogens (tertiary/aromatic N) is 1. The third-order valence-electron chi connectivity index (χ3n) is 2.57. The van der Waals surface area contributed by atoms with Gasteiger partial charge in [-0.25, -0.2) is 0 Å². The van der Waals surface area contributed by atoms with Crippen molar-refractivity contribution < 1.29 is 0 Å². The minimum absolute atomic E-state index is 0.765. The first kappa shape index (κ1) is 12.6. The minimum Gasteiger partial charge on any atom is -0.379 e. The van der Waals surface area contributed by atoms with E-state index in [0.717, 1.165) is 21.2 Å². The van der Waals surface area contributed by atoms with Crippen LogP contribution < -0.4 is 5.32 Å². The third kappa shape index (κ3) is 3.07. The lowest BCUT2D eigenvalue weighted by molar-refractivity contribution is 1.08. The molecular formula is C13H12Br2N2. The molecule has 0 aliphatic carbocycles. The van der Waals surface area contributed by atoms with Crippen molar-refractivity contribution in [3.63, 3.8) is 0 Å². The second-order valence-corrected chi connectivity index (χ2v) is 5.46. The zero-order valence-corrected chi connectivity index (χ0v) is 12.5. The molecule has 0 atom stereocenters. The summed E-state index contributed by atoms with van der Waals surface area (Å²) >= 11 is 7.06. The molecule has 0 unspecified atom stereocenters. The fraction of sp³-hybridized carbons (Fsp3) is 0.154. The van der Waals surface area contributed by atoms with Crippen LogP contribution in [-0.4, -0.2) is 4.98 Å². The molecule has 0 amide bonds. The molecule has 0 aliphatic rings. The van der Waals surface area contributed by atoms with Gasteiger partial charge in [-0.15, -0.1) is 0 Å². The van der Waals surface area contributed by atoms with Crippen LogP contribution in [0.5, 0.6) is 0 Å². The van der Waals surface area contributed by atoms with Crippen LogP contribution >= 0.6 is 31.9 Å². The number of nitrogens with one attached hydrogen (secondary N) is 1. The van der Waals surface area contributed by atoms with E-state index in [4.69, 9.17) is 0 Å². The van der Waals surface area contributed by atoms with Crippen molar-refractivity contribution in [2.45, 2.75) is 13.5 Å². The molecule has 0 radical (unpaired) electrons. The van der Waals surface area contributed by atoms with E-state index in [1.807, 2.05) is 36.7 Å². The van der Waals surface area contributed by atoms with E-state index in [9.17, 15) is 0 Å². The molecular weight excluding hydrogens is 344 g/mol. The molecule has 0 aliphatic heterocycles. The van der Waals surface area contributed by atoms with Gasteiger partial charge in [0.05, 0.1) is 5.69 Å². The summed E-state index contributed by atoms with van der Waals surface area (Å²) in [6.45, 7) is 2.86. The summed E-state index contributed by atoms with van der Waals surface area (Å²) in [5, 5.41) is 3.40. The predicted molar refractivity (Wildman–Crippen MR) is 78.1 cm³/mol. The number of rotatable bonds is 3. The molecule has 2 rings (SSSR count). The maximum atomic E-state index is 4.14. The second kappa shape index (κ2) is 5.65. The number of aromatic nitrogens is 1. The average Bonchev–Trinajstić information content (AvgIpc) is 2.30. The van der Waals surface area contributed by atoms with Gasteiger partial charge in [0.1, 0.15) is 0 Å². The Bertz CT molecular complexity index is 506. The van der Waals surface area contributed by atoms with Gasteiger partial charge < -0.3 is 5.32 Å². The summed E-state index contributed by atoms with van der Waals surface area (Å²) in [6, 6.07) is 8.05. The number of anilines is 1. The Labute approximate surface area is 118 Å². The molecule has 4 heteroatoms. The highest BCUT2D eigenvalue weighted by Gasteiger charge is 2.04. The molecule has 17 heavy (non-hydrogen) atoms. The summed E-state index contributed by atoms with van der Waals surface area (Å²) < 4.78 is 2.10. The standard InChI is InChI=1S/C13H12Br2N2/c1-9-5-6-16-7-10(9)8-17-13-11(14)3-2-4-12(13)15/h2-7,17H,8H2,1H3. The van der Waals surface area contributed by atoms with E-state index in [1.165, 1.54) is 11.1 Å². The fourth-order valence-electron chi connectivity index (χ4n) is 1.53. The Morgan fingerprint density at radius 3 is 2.53 bits per heavy atom. The topological polar surface area (TPSA) is 24.9 Å². The van der Waals surface area contributed by atoms with Gasteiger partial charge in [-0.05, 0) is 68.1 Å². The first-order chi connectivity index (χ1) is 8.18. The number of hydrogen-bond donors (Lipinski definition) is 1. The molecule has 1 heterocycles. The lowest BCUT2D eigenvalue weighted by atomic mass is 10.1. The van der Waals surface area contributed by atoms with E-state index in [1.54, 1.807) is 0 Å². The summed E-state index contributed by atoms with van der Waals surface area (Å²) in [5.41, 5.74) is 3.52. The molecule has 0 bridgehead atoms. The van der Waals surface area contributed by atoms with Crippen molar-refractivity contribution >= 4 is 37.5 Å². The maximum Gasteiger partial charge on any atom is 0.0631 e. The highest BCUT2D eigenvalue weighted by atomic mass is 79.9. The molecule has 2 nitrogen and oxygen atoms in total. The Morgan fingerprint density at radius 2 is 1.88 bits per heavy atom. The molecule has 2 aromatic rings. The van der Waals surface area contributed by atoms with Gasteiger partial charge in [-0.3, -0.25) is 4.98 Å². The van der Waals surface area contributed by atoms with E-state index in [-0.39, 0.29) is 0 Å². The summed E-state index contributed by atoms with van der Waals surface area (Å²) in [4.78, 5) is 4.14. The maximum absolute atomic E-state index is 4.14. The van der Waals surface area contributed by atoms with E-state index < -0.39 is 0 Å². The van der Waals surface area contributed by atoms with Crippen LogP contribution in [0.25, 0.3) is 0 Å².